The molecule has 77 valence electrons. The molecule has 0 bridgehead atoms. The number of nitrogens with one attached hydrogen (secondary N) is 1. The summed E-state index contributed by atoms with van der Waals surface area (Å²) >= 11 is 0. The van der Waals surface area contributed by atoms with E-state index < -0.39 is 10.0 Å². The molecule has 0 aromatic rings. The predicted molar refractivity (Wildman–Crippen MR) is 53.5 cm³/mol. The van der Waals surface area contributed by atoms with Crippen LogP contribution >= 0.6 is 0 Å². The minimum absolute atomic E-state index is 0.0859. The Hall–Kier alpha value is -0.0900. The Balaban J connectivity index is 3.26. The molecule has 0 saturated carbocycles. The average molecular weight is 204 g/mol. The molecule has 3 nitrogen and oxygen atoms in total. The smallest absolute Gasteiger partial charge is 0.212 e. The molecule has 0 aromatic heterocycles. The molecule has 0 aromatic carbocycles. The Labute approximate surface area is 82.0 Å². The zero-order valence-corrected chi connectivity index (χ0v) is 8.99. The fourth-order valence-electron chi connectivity index (χ4n) is 1.12. The van der Waals surface area contributed by atoms with E-state index in [-0.39, 0.29) is 5.75 Å². The SMILES string of the molecule is [C]NS(=O)(=O)CCCCCCCC. The van der Waals surface area contributed by atoms with E-state index in [1.807, 2.05) is 0 Å². The van der Waals surface area contributed by atoms with Gasteiger partial charge in [0.1, 0.15) is 7.05 Å². The van der Waals surface area contributed by atoms with Gasteiger partial charge in [0.2, 0.25) is 10.0 Å². The largest absolute Gasteiger partial charge is 0.212 e. The lowest BCUT2D eigenvalue weighted by Gasteiger charge is -2.01. The Morgan fingerprint density at radius 3 is 2.15 bits per heavy atom. The molecule has 4 heteroatoms. The van der Waals surface area contributed by atoms with Crippen molar-refractivity contribution in [2.75, 3.05) is 5.75 Å². The second-order valence-electron chi connectivity index (χ2n) is 3.19. The molecule has 0 aliphatic heterocycles. The summed E-state index contributed by atoms with van der Waals surface area (Å²) in [6.07, 6.45) is 6.32. The Bertz CT molecular complexity index is 200. The van der Waals surface area contributed by atoms with Crippen LogP contribution in [0.4, 0.5) is 0 Å². The van der Waals surface area contributed by atoms with Crippen molar-refractivity contribution in [2.45, 2.75) is 45.4 Å². The van der Waals surface area contributed by atoms with E-state index in [1.54, 1.807) is 4.72 Å². The van der Waals surface area contributed by atoms with Gasteiger partial charge in [-0.2, -0.15) is 0 Å². The standard InChI is InChI=1S/C9H18NO2S/c1-3-4-5-6-7-8-9-13(11,12)10-2/h10H,3-9H2,1H3. The van der Waals surface area contributed by atoms with Crippen molar-refractivity contribution in [3.8, 4) is 0 Å². The van der Waals surface area contributed by atoms with Crippen molar-refractivity contribution in [1.82, 2.24) is 4.72 Å². The number of rotatable bonds is 8. The highest BCUT2D eigenvalue weighted by atomic mass is 32.2. The van der Waals surface area contributed by atoms with Gasteiger partial charge in [0.25, 0.3) is 0 Å². The maximum atomic E-state index is 10.8. The summed E-state index contributed by atoms with van der Waals surface area (Å²) in [6, 6.07) is 0. The van der Waals surface area contributed by atoms with Crippen molar-refractivity contribution < 1.29 is 8.42 Å². The fraction of sp³-hybridized carbons (Fsp3) is 0.889. The third-order valence-corrected chi connectivity index (χ3v) is 3.06. The quantitative estimate of drug-likeness (QED) is 0.613. The van der Waals surface area contributed by atoms with Crippen molar-refractivity contribution in [3.05, 3.63) is 7.05 Å². The lowest BCUT2D eigenvalue weighted by molar-refractivity contribution is 0.578. The molecule has 0 fully saturated rings. The minimum Gasteiger partial charge on any atom is -0.212 e. The van der Waals surface area contributed by atoms with Crippen LogP contribution in [-0.2, 0) is 10.0 Å². The highest BCUT2D eigenvalue weighted by Gasteiger charge is 2.05. The van der Waals surface area contributed by atoms with Gasteiger partial charge in [-0.25, -0.2) is 13.1 Å². The Kier molecular flexibility index (Phi) is 7.28. The zero-order chi connectivity index (χ0) is 10.2. The van der Waals surface area contributed by atoms with Crippen LogP contribution in [0.15, 0.2) is 0 Å². The lowest BCUT2D eigenvalue weighted by atomic mass is 10.1. The molecule has 0 saturated heterocycles. The first kappa shape index (κ1) is 12.9. The molecule has 0 atom stereocenters. The van der Waals surface area contributed by atoms with Crippen LogP contribution in [0.2, 0.25) is 0 Å². The summed E-state index contributed by atoms with van der Waals surface area (Å²) in [5, 5.41) is 0. The first-order valence-electron chi connectivity index (χ1n) is 4.78. The second-order valence-corrected chi connectivity index (χ2v) is 5.03. The van der Waals surface area contributed by atoms with E-state index in [9.17, 15) is 8.42 Å². The molecule has 0 rings (SSSR count). The number of sulfonamides is 1. The van der Waals surface area contributed by atoms with Crippen LogP contribution in [0.25, 0.3) is 0 Å². The molecule has 13 heavy (non-hydrogen) atoms. The zero-order valence-electron chi connectivity index (χ0n) is 8.17. The van der Waals surface area contributed by atoms with Gasteiger partial charge in [-0.05, 0) is 6.42 Å². The van der Waals surface area contributed by atoms with Crippen molar-refractivity contribution in [3.63, 3.8) is 0 Å². The maximum Gasteiger partial charge on any atom is 0.212 e. The van der Waals surface area contributed by atoms with Crippen molar-refractivity contribution in [1.29, 1.82) is 0 Å². The van der Waals surface area contributed by atoms with Gasteiger partial charge in [-0.15, -0.1) is 0 Å². The number of hydrogen-bond acceptors (Lipinski definition) is 2. The Morgan fingerprint density at radius 1 is 1.08 bits per heavy atom. The van der Waals surface area contributed by atoms with Crippen LogP contribution in [0.1, 0.15) is 45.4 Å². The van der Waals surface area contributed by atoms with E-state index in [2.05, 4.69) is 6.92 Å². The van der Waals surface area contributed by atoms with Crippen LogP contribution in [0, 0.1) is 7.05 Å². The molecule has 1 N–H and O–H groups in total. The normalized spacial score (nSPS) is 11.8. The van der Waals surface area contributed by atoms with Crippen LogP contribution in [0.3, 0.4) is 0 Å². The summed E-state index contributed by atoms with van der Waals surface area (Å²) in [6.45, 7) is 2.15. The third kappa shape index (κ3) is 8.25. The molecule has 0 unspecified atom stereocenters. The summed E-state index contributed by atoms with van der Waals surface area (Å²) in [5.41, 5.74) is 0. The molecule has 3 radical (unpaired) electrons. The van der Waals surface area contributed by atoms with Gasteiger partial charge in [0.15, 0.2) is 0 Å². The predicted octanol–water partition coefficient (Wildman–Crippen LogP) is 1.81. The van der Waals surface area contributed by atoms with Gasteiger partial charge in [0, 0.05) is 0 Å². The lowest BCUT2D eigenvalue weighted by Crippen LogP contribution is -2.19. The van der Waals surface area contributed by atoms with E-state index in [4.69, 9.17) is 7.05 Å². The Morgan fingerprint density at radius 2 is 1.62 bits per heavy atom. The van der Waals surface area contributed by atoms with Gasteiger partial charge in [-0.1, -0.05) is 39.0 Å². The second kappa shape index (κ2) is 7.33. The van der Waals surface area contributed by atoms with E-state index >= 15 is 0 Å². The molecule has 0 aliphatic carbocycles. The maximum absolute atomic E-state index is 10.8. The minimum atomic E-state index is -3.30. The van der Waals surface area contributed by atoms with E-state index in [0.717, 1.165) is 12.8 Å². The topological polar surface area (TPSA) is 46.2 Å². The highest BCUT2D eigenvalue weighted by molar-refractivity contribution is 7.89. The van der Waals surface area contributed by atoms with Crippen LogP contribution in [0.5, 0.6) is 0 Å². The molecule has 0 amide bonds. The van der Waals surface area contributed by atoms with Gasteiger partial charge < -0.3 is 0 Å². The summed E-state index contributed by atoms with van der Waals surface area (Å²) < 4.78 is 23.1. The van der Waals surface area contributed by atoms with Gasteiger partial charge >= 0.3 is 0 Å². The highest BCUT2D eigenvalue weighted by Crippen LogP contribution is 2.05. The van der Waals surface area contributed by atoms with Gasteiger partial charge in [-0.3, -0.25) is 0 Å². The molecular weight excluding hydrogens is 186 g/mol. The first-order valence-corrected chi connectivity index (χ1v) is 6.44. The third-order valence-electron chi connectivity index (χ3n) is 1.92. The van der Waals surface area contributed by atoms with Crippen LogP contribution < -0.4 is 4.72 Å². The van der Waals surface area contributed by atoms with Gasteiger partial charge in [0.05, 0.1) is 5.75 Å². The average Bonchev–Trinajstić information content (AvgIpc) is 2.11. The van der Waals surface area contributed by atoms with E-state index in [1.165, 1.54) is 19.3 Å². The first-order chi connectivity index (χ1) is 6.12. The summed E-state index contributed by atoms with van der Waals surface area (Å²) in [5.74, 6) is 0.0859. The number of unbranched alkanes of at least 4 members (excludes halogenated alkanes) is 5. The molecule has 0 aliphatic rings. The summed E-state index contributed by atoms with van der Waals surface area (Å²) in [7, 11) is 3.22. The van der Waals surface area contributed by atoms with Crippen molar-refractivity contribution in [2.24, 2.45) is 0 Å². The number of hydrogen-bond donors (Lipinski definition) is 1. The van der Waals surface area contributed by atoms with Crippen LogP contribution in [-0.4, -0.2) is 14.2 Å². The molecule has 0 spiro atoms. The molecule has 0 heterocycles. The fourth-order valence-corrected chi connectivity index (χ4v) is 1.81. The molecular formula is C9H18NO2S. The summed E-state index contributed by atoms with van der Waals surface area (Å²) in [4.78, 5) is 0. The monoisotopic (exact) mass is 204 g/mol. The van der Waals surface area contributed by atoms with Crippen molar-refractivity contribution >= 4 is 10.0 Å². The van der Waals surface area contributed by atoms with E-state index in [0.29, 0.717) is 6.42 Å².